The molecule has 102 valence electrons. The Morgan fingerprint density at radius 1 is 1.42 bits per heavy atom. The summed E-state index contributed by atoms with van der Waals surface area (Å²) in [6.07, 6.45) is 1.54. The van der Waals surface area contributed by atoms with Gasteiger partial charge in [0.1, 0.15) is 5.60 Å². The standard InChI is InChI=1S/C14H17NO4/c1-9-4-5-10(8-11(9)12(16)17)15-13(18)14(2)6-3-7-19-14/h4-5,8H,3,6-7H2,1-2H3,(H,15,18)(H,16,17). The van der Waals surface area contributed by atoms with Crippen molar-refractivity contribution in [3.05, 3.63) is 29.3 Å². The molecule has 5 nitrogen and oxygen atoms in total. The highest BCUT2D eigenvalue weighted by molar-refractivity contribution is 5.98. The Balaban J connectivity index is 2.17. The van der Waals surface area contributed by atoms with E-state index in [9.17, 15) is 9.59 Å². The summed E-state index contributed by atoms with van der Waals surface area (Å²) in [4.78, 5) is 23.2. The molecule has 2 rings (SSSR count). The van der Waals surface area contributed by atoms with Crippen molar-refractivity contribution >= 4 is 17.6 Å². The normalized spacial score (nSPS) is 22.2. The maximum atomic E-state index is 12.1. The van der Waals surface area contributed by atoms with Crippen LogP contribution < -0.4 is 5.32 Å². The molecule has 0 aliphatic carbocycles. The molecule has 0 spiro atoms. The van der Waals surface area contributed by atoms with Crippen LogP contribution in [0, 0.1) is 6.92 Å². The molecule has 2 N–H and O–H groups in total. The van der Waals surface area contributed by atoms with Crippen molar-refractivity contribution in [1.29, 1.82) is 0 Å². The molecule has 0 radical (unpaired) electrons. The van der Waals surface area contributed by atoms with E-state index in [-0.39, 0.29) is 11.5 Å². The Morgan fingerprint density at radius 2 is 2.16 bits per heavy atom. The van der Waals surface area contributed by atoms with Crippen LogP contribution in [0.5, 0.6) is 0 Å². The molecule has 1 aliphatic heterocycles. The van der Waals surface area contributed by atoms with Crippen molar-refractivity contribution in [2.75, 3.05) is 11.9 Å². The van der Waals surface area contributed by atoms with Gasteiger partial charge in [0.25, 0.3) is 5.91 Å². The minimum Gasteiger partial charge on any atom is -0.478 e. The first-order valence-corrected chi connectivity index (χ1v) is 6.22. The van der Waals surface area contributed by atoms with Gasteiger partial charge in [0.15, 0.2) is 0 Å². The minimum atomic E-state index is -1.00. The molecule has 1 atom stereocenters. The topological polar surface area (TPSA) is 75.6 Å². The number of aryl methyl sites for hydroxylation is 1. The molecule has 1 fully saturated rings. The monoisotopic (exact) mass is 263 g/mol. The maximum Gasteiger partial charge on any atom is 0.336 e. The summed E-state index contributed by atoms with van der Waals surface area (Å²) in [5.41, 5.74) is 0.516. The molecule has 0 aromatic heterocycles. The number of anilines is 1. The predicted molar refractivity (Wildman–Crippen MR) is 70.4 cm³/mol. The molecule has 0 saturated carbocycles. The Bertz CT molecular complexity index is 518. The van der Waals surface area contributed by atoms with Crippen LogP contribution in [0.15, 0.2) is 18.2 Å². The van der Waals surface area contributed by atoms with Crippen molar-refractivity contribution in [3.63, 3.8) is 0 Å². The summed E-state index contributed by atoms with van der Waals surface area (Å²) >= 11 is 0. The van der Waals surface area contributed by atoms with E-state index >= 15 is 0 Å². The van der Waals surface area contributed by atoms with Crippen LogP contribution in [0.1, 0.15) is 35.7 Å². The lowest BCUT2D eigenvalue weighted by atomic mass is 10.0. The van der Waals surface area contributed by atoms with Crippen molar-refractivity contribution < 1.29 is 19.4 Å². The van der Waals surface area contributed by atoms with Crippen LogP contribution >= 0.6 is 0 Å². The number of aromatic carboxylic acids is 1. The highest BCUT2D eigenvalue weighted by atomic mass is 16.5. The van der Waals surface area contributed by atoms with Crippen LogP contribution in [0.25, 0.3) is 0 Å². The fourth-order valence-electron chi connectivity index (χ4n) is 2.15. The third-order valence-electron chi connectivity index (χ3n) is 3.42. The molecular formula is C14H17NO4. The number of ether oxygens (including phenoxy) is 1. The summed E-state index contributed by atoms with van der Waals surface area (Å²) in [6.45, 7) is 4.05. The molecule has 1 saturated heterocycles. The minimum absolute atomic E-state index is 0.190. The van der Waals surface area contributed by atoms with Crippen molar-refractivity contribution in [2.24, 2.45) is 0 Å². The van der Waals surface area contributed by atoms with Crippen LogP contribution in [0.2, 0.25) is 0 Å². The van der Waals surface area contributed by atoms with E-state index in [2.05, 4.69) is 5.32 Å². The number of carbonyl (C=O) groups is 2. The molecule has 19 heavy (non-hydrogen) atoms. The largest absolute Gasteiger partial charge is 0.478 e. The number of benzene rings is 1. The second kappa shape index (κ2) is 5.01. The molecular weight excluding hydrogens is 246 g/mol. The van der Waals surface area contributed by atoms with Gasteiger partial charge in [-0.3, -0.25) is 4.79 Å². The fraction of sp³-hybridized carbons (Fsp3) is 0.429. The third kappa shape index (κ3) is 2.76. The van der Waals surface area contributed by atoms with Gasteiger partial charge in [0.05, 0.1) is 5.56 Å². The zero-order chi connectivity index (χ0) is 14.0. The molecule has 1 aliphatic rings. The van der Waals surface area contributed by atoms with Gasteiger partial charge in [-0.15, -0.1) is 0 Å². The van der Waals surface area contributed by atoms with E-state index in [4.69, 9.17) is 9.84 Å². The Hall–Kier alpha value is -1.88. The van der Waals surface area contributed by atoms with Crippen LogP contribution in [-0.4, -0.2) is 29.2 Å². The first-order valence-electron chi connectivity index (χ1n) is 6.22. The number of carboxylic acids is 1. The highest BCUT2D eigenvalue weighted by Gasteiger charge is 2.37. The van der Waals surface area contributed by atoms with Crippen molar-refractivity contribution in [3.8, 4) is 0 Å². The van der Waals surface area contributed by atoms with Crippen LogP contribution in [0.4, 0.5) is 5.69 Å². The lowest BCUT2D eigenvalue weighted by Gasteiger charge is -2.22. The van der Waals surface area contributed by atoms with Crippen molar-refractivity contribution in [2.45, 2.75) is 32.3 Å². The van der Waals surface area contributed by atoms with E-state index in [0.717, 1.165) is 6.42 Å². The zero-order valence-electron chi connectivity index (χ0n) is 11.0. The first-order chi connectivity index (χ1) is 8.92. The molecule has 5 heteroatoms. The van der Waals surface area contributed by atoms with E-state index in [0.29, 0.717) is 24.3 Å². The average Bonchev–Trinajstić information content (AvgIpc) is 2.79. The third-order valence-corrected chi connectivity index (χ3v) is 3.42. The number of nitrogens with one attached hydrogen (secondary N) is 1. The number of carbonyl (C=O) groups excluding carboxylic acids is 1. The number of rotatable bonds is 3. The van der Waals surface area contributed by atoms with Gasteiger partial charge in [-0.05, 0) is 44.4 Å². The van der Waals surface area contributed by atoms with Gasteiger partial charge in [0, 0.05) is 12.3 Å². The van der Waals surface area contributed by atoms with Gasteiger partial charge in [-0.2, -0.15) is 0 Å². The lowest BCUT2D eigenvalue weighted by Crippen LogP contribution is -2.39. The van der Waals surface area contributed by atoms with E-state index in [1.54, 1.807) is 26.0 Å². The van der Waals surface area contributed by atoms with Gasteiger partial charge >= 0.3 is 5.97 Å². The summed E-state index contributed by atoms with van der Waals surface area (Å²) in [5.74, 6) is -1.23. The number of hydrogen-bond acceptors (Lipinski definition) is 3. The number of hydrogen-bond donors (Lipinski definition) is 2. The molecule has 1 aromatic rings. The average molecular weight is 263 g/mol. The van der Waals surface area contributed by atoms with Crippen molar-refractivity contribution in [1.82, 2.24) is 0 Å². The van der Waals surface area contributed by atoms with E-state index in [1.165, 1.54) is 6.07 Å². The van der Waals surface area contributed by atoms with Crippen LogP contribution in [-0.2, 0) is 9.53 Å². The number of amides is 1. The van der Waals surface area contributed by atoms with Crippen LogP contribution in [0.3, 0.4) is 0 Å². The van der Waals surface area contributed by atoms with E-state index in [1.807, 2.05) is 0 Å². The predicted octanol–water partition coefficient (Wildman–Crippen LogP) is 2.20. The van der Waals surface area contributed by atoms with Gasteiger partial charge < -0.3 is 15.2 Å². The lowest BCUT2D eigenvalue weighted by molar-refractivity contribution is -0.133. The number of carboxylic acid groups (broad SMARTS) is 1. The molecule has 1 heterocycles. The summed E-state index contributed by atoms with van der Waals surface area (Å²) in [6, 6.07) is 4.84. The second-order valence-electron chi connectivity index (χ2n) is 4.97. The molecule has 0 bridgehead atoms. The fourth-order valence-corrected chi connectivity index (χ4v) is 2.15. The van der Waals surface area contributed by atoms with E-state index < -0.39 is 11.6 Å². The highest BCUT2D eigenvalue weighted by Crippen LogP contribution is 2.27. The Morgan fingerprint density at radius 3 is 2.74 bits per heavy atom. The van der Waals surface area contributed by atoms with Gasteiger partial charge in [-0.25, -0.2) is 4.79 Å². The Labute approximate surface area is 111 Å². The summed E-state index contributed by atoms with van der Waals surface area (Å²) in [5, 5.41) is 11.8. The zero-order valence-corrected chi connectivity index (χ0v) is 11.0. The van der Waals surface area contributed by atoms with Gasteiger partial charge in [-0.1, -0.05) is 6.07 Å². The quantitative estimate of drug-likeness (QED) is 0.876. The maximum absolute atomic E-state index is 12.1. The Kier molecular flexibility index (Phi) is 3.57. The summed E-state index contributed by atoms with van der Waals surface area (Å²) < 4.78 is 5.45. The molecule has 1 aromatic carbocycles. The summed E-state index contributed by atoms with van der Waals surface area (Å²) in [7, 11) is 0. The molecule has 1 unspecified atom stereocenters. The SMILES string of the molecule is Cc1ccc(NC(=O)C2(C)CCCO2)cc1C(=O)O. The smallest absolute Gasteiger partial charge is 0.336 e. The molecule has 1 amide bonds. The second-order valence-corrected chi connectivity index (χ2v) is 4.97. The first kappa shape index (κ1) is 13.5. The van der Waals surface area contributed by atoms with Gasteiger partial charge in [0.2, 0.25) is 0 Å².